The molecular formula is C22H33IN4O2. The zero-order chi connectivity index (χ0) is 20.2. The maximum absolute atomic E-state index is 12.3. The van der Waals surface area contributed by atoms with Gasteiger partial charge in [0.05, 0.1) is 19.4 Å². The lowest BCUT2D eigenvalue weighted by Crippen LogP contribution is -2.37. The number of guanidine groups is 1. The Morgan fingerprint density at radius 1 is 1.14 bits per heavy atom. The van der Waals surface area contributed by atoms with Gasteiger partial charge >= 0.3 is 0 Å². The van der Waals surface area contributed by atoms with Gasteiger partial charge in [-0.2, -0.15) is 0 Å². The molecule has 0 bridgehead atoms. The summed E-state index contributed by atoms with van der Waals surface area (Å²) in [6.07, 6.45) is 3.91. The highest BCUT2D eigenvalue weighted by molar-refractivity contribution is 14.0. The van der Waals surface area contributed by atoms with Crippen molar-refractivity contribution in [3.8, 4) is 0 Å². The predicted octanol–water partition coefficient (Wildman–Crippen LogP) is 4.32. The van der Waals surface area contributed by atoms with Crippen molar-refractivity contribution in [2.75, 3.05) is 13.1 Å². The Hall–Kier alpha value is -2.03. The summed E-state index contributed by atoms with van der Waals surface area (Å²) in [6, 6.07) is 11.2. The Kier molecular flexibility index (Phi) is 12.1. The van der Waals surface area contributed by atoms with Gasteiger partial charge < -0.3 is 20.4 Å². The first-order valence-electron chi connectivity index (χ1n) is 10.00. The first-order chi connectivity index (χ1) is 13.6. The first-order valence-corrected chi connectivity index (χ1v) is 10.00. The summed E-state index contributed by atoms with van der Waals surface area (Å²) in [5, 5.41) is 9.50. The van der Waals surface area contributed by atoms with E-state index in [-0.39, 0.29) is 29.9 Å². The monoisotopic (exact) mass is 512 g/mol. The molecule has 160 valence electrons. The average Bonchev–Trinajstić information content (AvgIpc) is 3.21. The predicted molar refractivity (Wildman–Crippen MR) is 129 cm³/mol. The van der Waals surface area contributed by atoms with Crippen LogP contribution in [0, 0.1) is 5.92 Å². The summed E-state index contributed by atoms with van der Waals surface area (Å²) in [5.41, 5.74) is 1.61. The summed E-state index contributed by atoms with van der Waals surface area (Å²) in [4.78, 5) is 17.0. The number of rotatable bonds is 10. The van der Waals surface area contributed by atoms with Gasteiger partial charge in [0.2, 0.25) is 0 Å². The second-order valence-electron chi connectivity index (χ2n) is 7.12. The SMILES string of the molecule is CCNC(=NCc1cccc(C(=O)NCc2ccco2)c1)NCCCC(C)C.I. The van der Waals surface area contributed by atoms with Gasteiger partial charge in [0.15, 0.2) is 5.96 Å². The lowest BCUT2D eigenvalue weighted by molar-refractivity contribution is 0.0948. The fraction of sp³-hybridized carbons (Fsp3) is 0.455. The Labute approximate surface area is 191 Å². The van der Waals surface area contributed by atoms with Crippen molar-refractivity contribution in [3.05, 3.63) is 59.5 Å². The molecule has 1 aromatic heterocycles. The number of nitrogens with zero attached hydrogens (tertiary/aromatic N) is 1. The summed E-state index contributed by atoms with van der Waals surface area (Å²) >= 11 is 0. The maximum Gasteiger partial charge on any atom is 0.251 e. The molecule has 1 aromatic carbocycles. The van der Waals surface area contributed by atoms with Gasteiger partial charge in [-0.3, -0.25) is 4.79 Å². The standard InChI is InChI=1S/C22H32N4O2.HI/c1-4-23-22(24-12-6-8-17(2)3)26-15-18-9-5-10-19(14-18)21(27)25-16-20-11-7-13-28-20;/h5,7,9-11,13-14,17H,4,6,8,12,15-16H2,1-3H3,(H,25,27)(H2,23,24,26);1H. The number of aliphatic imine (C=N–C) groups is 1. The van der Waals surface area contributed by atoms with E-state index in [1.165, 1.54) is 6.42 Å². The molecule has 1 amide bonds. The minimum Gasteiger partial charge on any atom is -0.467 e. The van der Waals surface area contributed by atoms with E-state index in [2.05, 4.69) is 41.7 Å². The van der Waals surface area contributed by atoms with Crippen molar-refractivity contribution in [2.24, 2.45) is 10.9 Å². The third kappa shape index (κ3) is 9.83. The Morgan fingerprint density at radius 2 is 1.97 bits per heavy atom. The number of hydrogen-bond donors (Lipinski definition) is 3. The molecule has 2 aromatic rings. The van der Waals surface area contributed by atoms with Crippen LogP contribution in [0.15, 0.2) is 52.1 Å². The minimum absolute atomic E-state index is 0. The highest BCUT2D eigenvalue weighted by atomic mass is 127. The van der Waals surface area contributed by atoms with Crippen LogP contribution in [0.5, 0.6) is 0 Å². The molecule has 0 fully saturated rings. The number of carbonyl (C=O) groups is 1. The van der Waals surface area contributed by atoms with E-state index in [4.69, 9.17) is 4.42 Å². The number of halogens is 1. The van der Waals surface area contributed by atoms with Crippen molar-refractivity contribution < 1.29 is 9.21 Å². The number of furan rings is 1. The third-order valence-corrected chi connectivity index (χ3v) is 4.21. The van der Waals surface area contributed by atoms with Gasteiger partial charge in [-0.25, -0.2) is 4.99 Å². The van der Waals surface area contributed by atoms with Crippen LogP contribution < -0.4 is 16.0 Å². The van der Waals surface area contributed by atoms with Gasteiger partial charge in [-0.15, -0.1) is 24.0 Å². The molecule has 0 radical (unpaired) electrons. The molecule has 0 spiro atoms. The molecular weight excluding hydrogens is 479 g/mol. The molecule has 6 nitrogen and oxygen atoms in total. The van der Waals surface area contributed by atoms with E-state index in [0.717, 1.165) is 36.8 Å². The number of nitrogens with one attached hydrogen (secondary N) is 3. The van der Waals surface area contributed by atoms with Crippen LogP contribution in [0.4, 0.5) is 0 Å². The molecule has 0 unspecified atom stereocenters. The molecule has 0 aliphatic carbocycles. The quantitative estimate of drug-likeness (QED) is 0.192. The molecule has 0 saturated carbocycles. The van der Waals surface area contributed by atoms with Crippen LogP contribution >= 0.6 is 24.0 Å². The van der Waals surface area contributed by atoms with Crippen molar-refractivity contribution in [2.45, 2.75) is 46.7 Å². The first kappa shape index (κ1) is 25.0. The highest BCUT2D eigenvalue weighted by Crippen LogP contribution is 2.08. The molecule has 0 aliphatic heterocycles. The van der Waals surface area contributed by atoms with Crippen LogP contribution in [0.25, 0.3) is 0 Å². The molecule has 0 atom stereocenters. The van der Waals surface area contributed by atoms with Gasteiger partial charge in [0, 0.05) is 18.7 Å². The van der Waals surface area contributed by atoms with Crippen LogP contribution in [-0.4, -0.2) is 25.0 Å². The number of carbonyl (C=O) groups excluding carboxylic acids is 1. The van der Waals surface area contributed by atoms with Crippen LogP contribution in [0.2, 0.25) is 0 Å². The molecule has 1 heterocycles. The van der Waals surface area contributed by atoms with Crippen LogP contribution in [-0.2, 0) is 13.1 Å². The molecule has 29 heavy (non-hydrogen) atoms. The summed E-state index contributed by atoms with van der Waals surface area (Å²) in [7, 11) is 0. The van der Waals surface area contributed by atoms with Crippen molar-refractivity contribution in [1.29, 1.82) is 0 Å². The topological polar surface area (TPSA) is 78.7 Å². The largest absolute Gasteiger partial charge is 0.467 e. The minimum atomic E-state index is -0.124. The average molecular weight is 512 g/mol. The van der Waals surface area contributed by atoms with Crippen molar-refractivity contribution >= 4 is 35.8 Å². The van der Waals surface area contributed by atoms with Crippen molar-refractivity contribution in [1.82, 2.24) is 16.0 Å². The maximum atomic E-state index is 12.3. The van der Waals surface area contributed by atoms with Crippen LogP contribution in [0.1, 0.15) is 55.3 Å². The van der Waals surface area contributed by atoms with E-state index in [0.29, 0.717) is 24.6 Å². The second-order valence-corrected chi connectivity index (χ2v) is 7.12. The summed E-state index contributed by atoms with van der Waals surface area (Å²) in [6.45, 7) is 9.12. The van der Waals surface area contributed by atoms with E-state index < -0.39 is 0 Å². The Bertz CT molecular complexity index is 745. The molecule has 2 rings (SSSR count). The Balaban J connectivity index is 0.00000420. The third-order valence-electron chi connectivity index (χ3n) is 4.21. The highest BCUT2D eigenvalue weighted by Gasteiger charge is 2.07. The van der Waals surface area contributed by atoms with E-state index >= 15 is 0 Å². The smallest absolute Gasteiger partial charge is 0.251 e. The number of amides is 1. The zero-order valence-electron chi connectivity index (χ0n) is 17.5. The summed E-state index contributed by atoms with van der Waals surface area (Å²) < 4.78 is 5.24. The van der Waals surface area contributed by atoms with Crippen LogP contribution in [0.3, 0.4) is 0 Å². The molecule has 7 heteroatoms. The molecule has 0 saturated heterocycles. The van der Waals surface area contributed by atoms with Gasteiger partial charge in [-0.1, -0.05) is 26.0 Å². The van der Waals surface area contributed by atoms with Crippen molar-refractivity contribution in [3.63, 3.8) is 0 Å². The molecule has 0 aliphatic rings. The van der Waals surface area contributed by atoms with E-state index in [1.54, 1.807) is 18.4 Å². The van der Waals surface area contributed by atoms with E-state index in [1.807, 2.05) is 24.3 Å². The lowest BCUT2D eigenvalue weighted by Gasteiger charge is -2.12. The fourth-order valence-corrected chi connectivity index (χ4v) is 2.72. The normalized spacial score (nSPS) is 11.1. The fourth-order valence-electron chi connectivity index (χ4n) is 2.72. The van der Waals surface area contributed by atoms with Gasteiger partial charge in [0.1, 0.15) is 5.76 Å². The van der Waals surface area contributed by atoms with Gasteiger partial charge in [-0.05, 0) is 55.5 Å². The second kappa shape index (κ2) is 14.0. The summed E-state index contributed by atoms with van der Waals surface area (Å²) in [5.74, 6) is 2.12. The number of hydrogen-bond acceptors (Lipinski definition) is 3. The lowest BCUT2D eigenvalue weighted by atomic mass is 10.1. The molecule has 3 N–H and O–H groups in total. The van der Waals surface area contributed by atoms with Gasteiger partial charge in [0.25, 0.3) is 5.91 Å². The Morgan fingerprint density at radius 3 is 2.66 bits per heavy atom. The van der Waals surface area contributed by atoms with E-state index in [9.17, 15) is 4.79 Å². The zero-order valence-corrected chi connectivity index (χ0v) is 19.9. The number of benzene rings is 1.